The molecule has 0 heterocycles. The molecule has 0 aromatic rings. The number of aliphatic hydroxyl groups is 1. The fraction of sp³-hybridized carbons (Fsp3) is 0.450. The molecule has 2 aliphatic rings. The molecule has 0 bridgehead atoms. The van der Waals surface area contributed by atoms with Gasteiger partial charge >= 0.3 is 12.1 Å². The summed E-state index contributed by atoms with van der Waals surface area (Å²) in [7, 11) is 1.72. The summed E-state index contributed by atoms with van der Waals surface area (Å²) in [5.74, 6) is -2.98. The van der Waals surface area contributed by atoms with Crippen molar-refractivity contribution in [1.29, 1.82) is 0 Å². The van der Waals surface area contributed by atoms with Crippen LogP contribution in [0.4, 0.5) is 13.2 Å². The van der Waals surface area contributed by atoms with E-state index < -0.39 is 30.4 Å². The molecule has 2 unspecified atom stereocenters. The number of hydrogen-bond donors (Lipinski definition) is 2. The molecule has 0 fully saturated rings. The van der Waals surface area contributed by atoms with Crippen LogP contribution in [0.2, 0.25) is 0 Å². The highest BCUT2D eigenvalue weighted by Crippen LogP contribution is 2.45. The molecule has 0 aliphatic heterocycles. The van der Waals surface area contributed by atoms with Crippen LogP contribution in [0, 0.1) is 11.8 Å². The van der Waals surface area contributed by atoms with Crippen LogP contribution in [0.3, 0.4) is 0 Å². The lowest BCUT2D eigenvalue weighted by Gasteiger charge is -2.31. The zero-order chi connectivity index (χ0) is 21.1. The van der Waals surface area contributed by atoms with Gasteiger partial charge in [0.15, 0.2) is 0 Å². The van der Waals surface area contributed by atoms with E-state index in [0.717, 1.165) is 5.70 Å². The lowest BCUT2D eigenvalue weighted by Crippen LogP contribution is -2.28. The predicted octanol–water partition coefficient (Wildman–Crippen LogP) is 5.41. The quantitative estimate of drug-likeness (QED) is 0.587. The van der Waals surface area contributed by atoms with Crippen LogP contribution in [-0.2, 0) is 9.53 Å². The highest BCUT2D eigenvalue weighted by atomic mass is 35.5. The molecule has 0 aromatic heterocycles. The topological polar surface area (TPSA) is 58.6 Å². The van der Waals surface area contributed by atoms with Crippen LogP contribution in [0.1, 0.15) is 33.1 Å². The number of rotatable bonds is 5. The van der Waals surface area contributed by atoms with E-state index in [4.69, 9.17) is 16.3 Å². The first-order chi connectivity index (χ1) is 13.1. The molecule has 0 radical (unpaired) electrons. The summed E-state index contributed by atoms with van der Waals surface area (Å²) in [5, 5.41) is 13.2. The number of aliphatic hydroxyl groups excluding tert-OH is 1. The Hall–Kier alpha value is -2.15. The van der Waals surface area contributed by atoms with Gasteiger partial charge in [0.25, 0.3) is 0 Å². The minimum atomic E-state index is -4.53. The number of allylic oxidation sites excluding steroid dienone is 6. The monoisotopic (exact) mass is 417 g/mol. The second-order valence-electron chi connectivity index (χ2n) is 6.57. The Labute approximate surface area is 167 Å². The molecule has 0 saturated heterocycles. The zero-order valence-electron chi connectivity index (χ0n) is 15.9. The maximum absolute atomic E-state index is 13.3. The first-order valence-corrected chi connectivity index (χ1v) is 9.31. The van der Waals surface area contributed by atoms with Crippen molar-refractivity contribution in [2.75, 3.05) is 7.05 Å². The summed E-state index contributed by atoms with van der Waals surface area (Å²) < 4.78 is 45.4. The fourth-order valence-electron chi connectivity index (χ4n) is 3.38. The fourth-order valence-corrected chi connectivity index (χ4v) is 3.65. The molecular formula is C20H23ClF3NO3. The van der Waals surface area contributed by atoms with Gasteiger partial charge in [-0.2, -0.15) is 13.2 Å². The Morgan fingerprint density at radius 2 is 2.11 bits per heavy atom. The Kier molecular flexibility index (Phi) is 7.04. The van der Waals surface area contributed by atoms with Gasteiger partial charge in [0.2, 0.25) is 0 Å². The van der Waals surface area contributed by atoms with Crippen LogP contribution in [-0.4, -0.2) is 24.3 Å². The lowest BCUT2D eigenvalue weighted by molar-refractivity contribution is -0.162. The highest BCUT2D eigenvalue weighted by molar-refractivity contribution is 6.30. The van der Waals surface area contributed by atoms with Gasteiger partial charge in [-0.25, -0.2) is 0 Å². The van der Waals surface area contributed by atoms with Gasteiger partial charge in [-0.15, -0.1) is 0 Å². The summed E-state index contributed by atoms with van der Waals surface area (Å²) in [6, 6.07) is 0. The largest absolute Gasteiger partial charge is 0.508 e. The van der Waals surface area contributed by atoms with Crippen molar-refractivity contribution in [3.8, 4) is 0 Å². The Bertz CT molecular complexity index is 791. The number of hydrogen-bond acceptors (Lipinski definition) is 4. The average Bonchev–Trinajstić information content (AvgIpc) is 2.60. The van der Waals surface area contributed by atoms with E-state index in [1.54, 1.807) is 7.05 Å². The van der Waals surface area contributed by atoms with Crippen LogP contribution in [0.25, 0.3) is 0 Å². The molecular weight excluding hydrogens is 395 g/mol. The first kappa shape index (κ1) is 22.1. The number of ether oxygens (including phenoxy) is 1. The summed E-state index contributed by atoms with van der Waals surface area (Å²) in [5.41, 5.74) is 1.09. The maximum Gasteiger partial charge on any atom is 0.396 e. The molecule has 4 nitrogen and oxygen atoms in total. The van der Waals surface area contributed by atoms with Crippen LogP contribution in [0.5, 0.6) is 0 Å². The van der Waals surface area contributed by atoms with Crippen molar-refractivity contribution in [2.45, 2.75) is 39.3 Å². The third-order valence-electron chi connectivity index (χ3n) is 4.62. The van der Waals surface area contributed by atoms with Gasteiger partial charge in [0.1, 0.15) is 11.5 Å². The molecule has 0 saturated carbocycles. The first-order valence-electron chi connectivity index (χ1n) is 8.93. The number of alkyl halides is 3. The summed E-state index contributed by atoms with van der Waals surface area (Å²) in [4.78, 5) is 11.7. The minimum absolute atomic E-state index is 0.110. The van der Waals surface area contributed by atoms with Crippen LogP contribution < -0.4 is 5.32 Å². The summed E-state index contributed by atoms with van der Waals surface area (Å²) >= 11 is 5.77. The number of carbonyl (C=O) groups is 1. The standard InChI is InChI=1S/C20H23ClF3NO3/c1-4-5-16(25-3)13-7-9-17(27)18(19(13)28-11(2)26)12-6-8-15(21)14(10-12)20(22,23)24/h5-6,8-9,13-14,25,27H,4,7,10H2,1-3H3/b16-5-. The number of esters is 1. The van der Waals surface area contributed by atoms with Crippen molar-refractivity contribution < 1.29 is 27.8 Å². The molecule has 0 aromatic carbocycles. The van der Waals surface area contributed by atoms with Gasteiger partial charge in [0.05, 0.1) is 17.4 Å². The zero-order valence-corrected chi connectivity index (χ0v) is 16.6. The van der Waals surface area contributed by atoms with Crippen molar-refractivity contribution in [3.63, 3.8) is 0 Å². The second kappa shape index (κ2) is 8.90. The van der Waals surface area contributed by atoms with Gasteiger partial charge in [-0.3, -0.25) is 4.79 Å². The van der Waals surface area contributed by atoms with E-state index in [-0.39, 0.29) is 27.7 Å². The number of halogens is 4. The van der Waals surface area contributed by atoms with E-state index in [2.05, 4.69) is 5.32 Å². The van der Waals surface area contributed by atoms with E-state index in [0.29, 0.717) is 12.8 Å². The summed E-state index contributed by atoms with van der Waals surface area (Å²) in [6.45, 7) is 3.15. The molecule has 2 atom stereocenters. The molecule has 2 aliphatic carbocycles. The van der Waals surface area contributed by atoms with Crippen LogP contribution >= 0.6 is 11.6 Å². The number of carbonyl (C=O) groups excluding carboxylic acids is 1. The Morgan fingerprint density at radius 1 is 1.43 bits per heavy atom. The normalized spacial score (nSPS) is 23.7. The summed E-state index contributed by atoms with van der Waals surface area (Å²) in [6.07, 6.45) is 2.12. The predicted molar refractivity (Wildman–Crippen MR) is 101 cm³/mol. The molecule has 2 rings (SSSR count). The van der Waals surface area contributed by atoms with Gasteiger partial charge in [0, 0.05) is 24.7 Å². The minimum Gasteiger partial charge on any atom is -0.508 e. The van der Waals surface area contributed by atoms with E-state index >= 15 is 0 Å². The maximum atomic E-state index is 13.3. The smallest absolute Gasteiger partial charge is 0.396 e. The highest BCUT2D eigenvalue weighted by Gasteiger charge is 2.44. The SMILES string of the molecule is CC/C=C(\NC)C1CC=C(O)C(C2=CC=C(Cl)C(C(F)(F)F)C2)=C1OC(C)=O. The molecule has 0 amide bonds. The van der Waals surface area contributed by atoms with Gasteiger partial charge < -0.3 is 15.2 Å². The van der Waals surface area contributed by atoms with Gasteiger partial charge in [-0.05, 0) is 37.0 Å². The van der Waals surface area contributed by atoms with E-state index in [9.17, 15) is 23.1 Å². The number of nitrogens with one attached hydrogen (secondary N) is 1. The molecule has 2 N–H and O–H groups in total. The van der Waals surface area contributed by atoms with Crippen molar-refractivity contribution in [2.24, 2.45) is 11.8 Å². The van der Waals surface area contributed by atoms with Crippen molar-refractivity contribution >= 4 is 17.6 Å². The molecule has 0 spiro atoms. The van der Waals surface area contributed by atoms with E-state index in [1.807, 2.05) is 13.0 Å². The second-order valence-corrected chi connectivity index (χ2v) is 7.01. The van der Waals surface area contributed by atoms with Gasteiger partial charge in [-0.1, -0.05) is 30.7 Å². The Morgan fingerprint density at radius 3 is 2.64 bits per heavy atom. The van der Waals surface area contributed by atoms with Crippen molar-refractivity contribution in [3.05, 3.63) is 57.7 Å². The van der Waals surface area contributed by atoms with Crippen LogP contribution in [0.15, 0.2) is 57.7 Å². The molecule has 28 heavy (non-hydrogen) atoms. The third kappa shape index (κ3) is 4.82. The third-order valence-corrected chi connectivity index (χ3v) is 5.01. The Balaban J connectivity index is 2.60. The van der Waals surface area contributed by atoms with E-state index in [1.165, 1.54) is 25.2 Å². The molecule has 8 heteroatoms. The molecule has 154 valence electrons. The lowest BCUT2D eigenvalue weighted by atomic mass is 9.81. The average molecular weight is 418 g/mol. The van der Waals surface area contributed by atoms with Crippen molar-refractivity contribution in [1.82, 2.24) is 5.32 Å².